The normalized spacial score (nSPS) is 20.7. The summed E-state index contributed by atoms with van der Waals surface area (Å²) in [5.74, 6) is -0.383. The van der Waals surface area contributed by atoms with E-state index in [1.54, 1.807) is 0 Å². The number of benzene rings is 1. The number of nitrogens with zero attached hydrogens (tertiary/aromatic N) is 1. The Labute approximate surface area is 134 Å². The first kappa shape index (κ1) is 18.4. The largest absolute Gasteiger partial charge is 0.501 e. The van der Waals surface area contributed by atoms with Gasteiger partial charge in [-0.05, 0) is 18.6 Å². The van der Waals surface area contributed by atoms with Crippen molar-refractivity contribution < 1.29 is 34.9 Å². The van der Waals surface area contributed by atoms with Crippen molar-refractivity contribution in [3.63, 3.8) is 0 Å². The second kappa shape index (κ2) is 5.88. The number of nitro groups is 1. The molecule has 1 atom stereocenters. The highest BCUT2D eigenvalue weighted by atomic mass is 32.2. The van der Waals surface area contributed by atoms with Gasteiger partial charge >= 0.3 is 5.51 Å². The molecule has 1 aromatic carbocycles. The standard InChI is InChI=1S/C11H11F3N2O6S2/c12-11(13,14)24(21,22)8-1-2-9(10(5-8)16(17)18)15-7-3-4-23(19,20)6-7/h1-2,5,7,15H,3-4,6H2. The van der Waals surface area contributed by atoms with Gasteiger partial charge in [0.05, 0.1) is 21.3 Å². The van der Waals surface area contributed by atoms with Crippen LogP contribution < -0.4 is 5.32 Å². The molecule has 134 valence electrons. The maximum absolute atomic E-state index is 12.5. The van der Waals surface area contributed by atoms with Crippen LogP contribution in [0.4, 0.5) is 24.5 Å². The van der Waals surface area contributed by atoms with Crippen LogP contribution in [0.2, 0.25) is 0 Å². The third-order valence-corrected chi connectivity index (χ3v) is 6.62. The first-order chi connectivity index (χ1) is 10.8. The van der Waals surface area contributed by atoms with Gasteiger partial charge in [-0.3, -0.25) is 10.1 Å². The molecule has 8 nitrogen and oxygen atoms in total. The summed E-state index contributed by atoms with van der Waals surface area (Å²) in [4.78, 5) is 8.72. The van der Waals surface area contributed by atoms with E-state index in [9.17, 15) is 40.1 Å². The number of rotatable bonds is 4. The first-order valence-corrected chi connectivity index (χ1v) is 9.71. The lowest BCUT2D eigenvalue weighted by Gasteiger charge is -2.14. The average Bonchev–Trinajstić information content (AvgIpc) is 2.76. The molecule has 2 rings (SSSR count). The van der Waals surface area contributed by atoms with E-state index in [1.165, 1.54) is 0 Å². The second-order valence-electron chi connectivity index (χ2n) is 5.13. The van der Waals surface area contributed by atoms with Gasteiger partial charge in [-0.2, -0.15) is 13.2 Å². The van der Waals surface area contributed by atoms with Gasteiger partial charge in [0.2, 0.25) is 0 Å². The highest BCUT2D eigenvalue weighted by Crippen LogP contribution is 2.35. The van der Waals surface area contributed by atoms with Gasteiger partial charge in [0.1, 0.15) is 5.69 Å². The summed E-state index contributed by atoms with van der Waals surface area (Å²) >= 11 is 0. The van der Waals surface area contributed by atoms with Gasteiger partial charge in [-0.15, -0.1) is 0 Å². The van der Waals surface area contributed by atoms with Crippen LogP contribution in [0.5, 0.6) is 0 Å². The number of sulfone groups is 2. The zero-order valence-electron chi connectivity index (χ0n) is 11.8. The summed E-state index contributed by atoms with van der Waals surface area (Å²) in [6.45, 7) is 0. The number of hydrogen-bond donors (Lipinski definition) is 1. The van der Waals surface area contributed by atoms with Crippen molar-refractivity contribution in [3.05, 3.63) is 28.3 Å². The molecule has 1 heterocycles. The Bertz CT molecular complexity index is 880. The summed E-state index contributed by atoms with van der Waals surface area (Å²) in [5.41, 5.74) is -6.72. The highest BCUT2D eigenvalue weighted by Gasteiger charge is 2.47. The molecule has 13 heteroatoms. The Morgan fingerprint density at radius 1 is 1.29 bits per heavy atom. The van der Waals surface area contributed by atoms with Crippen molar-refractivity contribution in [2.24, 2.45) is 0 Å². The van der Waals surface area contributed by atoms with Gasteiger partial charge < -0.3 is 5.32 Å². The minimum Gasteiger partial charge on any atom is -0.376 e. The number of anilines is 1. The summed E-state index contributed by atoms with van der Waals surface area (Å²) in [6, 6.07) is 1.07. The fourth-order valence-corrected chi connectivity index (χ4v) is 4.67. The number of alkyl halides is 3. The lowest BCUT2D eigenvalue weighted by molar-refractivity contribution is -0.384. The van der Waals surface area contributed by atoms with Crippen LogP contribution in [0, 0.1) is 10.1 Å². The molecule has 1 aromatic rings. The summed E-state index contributed by atoms with van der Waals surface area (Å²) in [5, 5.41) is 13.6. The monoisotopic (exact) mass is 388 g/mol. The number of halogens is 3. The third-order valence-electron chi connectivity index (χ3n) is 3.37. The zero-order valence-corrected chi connectivity index (χ0v) is 13.4. The van der Waals surface area contributed by atoms with E-state index < -0.39 is 46.7 Å². The predicted octanol–water partition coefficient (Wildman–Crippen LogP) is 1.49. The molecular formula is C11H11F3N2O6S2. The fourth-order valence-electron chi connectivity index (χ4n) is 2.21. The van der Waals surface area contributed by atoms with Crippen LogP contribution >= 0.6 is 0 Å². The molecule has 1 aliphatic rings. The van der Waals surface area contributed by atoms with Crippen LogP contribution in [-0.4, -0.2) is 44.8 Å². The molecule has 24 heavy (non-hydrogen) atoms. The van der Waals surface area contributed by atoms with Crippen molar-refractivity contribution >= 4 is 31.0 Å². The molecule has 0 amide bonds. The number of hydrogen-bond acceptors (Lipinski definition) is 7. The average molecular weight is 388 g/mol. The van der Waals surface area contributed by atoms with E-state index in [0.29, 0.717) is 12.1 Å². The molecule has 1 fully saturated rings. The minimum atomic E-state index is -5.72. The lowest BCUT2D eigenvalue weighted by Crippen LogP contribution is -2.24. The smallest absolute Gasteiger partial charge is 0.376 e. The molecular weight excluding hydrogens is 377 g/mol. The van der Waals surface area contributed by atoms with Crippen molar-refractivity contribution in [2.75, 3.05) is 16.8 Å². The molecule has 0 aromatic heterocycles. The van der Waals surface area contributed by atoms with Crippen LogP contribution in [0.15, 0.2) is 23.1 Å². The van der Waals surface area contributed by atoms with Crippen molar-refractivity contribution in [3.8, 4) is 0 Å². The summed E-state index contributed by atoms with van der Waals surface area (Å²) in [6.07, 6.45) is 0.183. The molecule has 0 aliphatic carbocycles. The number of nitrogens with one attached hydrogen (secondary N) is 1. The van der Waals surface area contributed by atoms with Gasteiger partial charge in [-0.25, -0.2) is 16.8 Å². The van der Waals surface area contributed by atoms with Crippen LogP contribution in [0.1, 0.15) is 6.42 Å². The molecule has 0 saturated carbocycles. The maximum atomic E-state index is 12.5. The second-order valence-corrected chi connectivity index (χ2v) is 9.30. The Balaban J connectivity index is 2.40. The van der Waals surface area contributed by atoms with E-state index in [2.05, 4.69) is 5.32 Å². The summed E-state index contributed by atoms with van der Waals surface area (Å²) < 4.78 is 83.0. The van der Waals surface area contributed by atoms with Gasteiger partial charge in [-0.1, -0.05) is 0 Å². The van der Waals surface area contributed by atoms with Gasteiger partial charge in [0, 0.05) is 12.1 Å². The fraction of sp³-hybridized carbons (Fsp3) is 0.455. The SMILES string of the molecule is O=[N+]([O-])c1cc(S(=O)(=O)C(F)(F)F)ccc1NC1CCS(=O)(=O)C1. The Hall–Kier alpha value is -1.89. The first-order valence-electron chi connectivity index (χ1n) is 6.40. The van der Waals surface area contributed by atoms with E-state index >= 15 is 0 Å². The van der Waals surface area contributed by atoms with Gasteiger partial charge in [0.25, 0.3) is 15.5 Å². The van der Waals surface area contributed by atoms with E-state index in [-0.39, 0.29) is 23.6 Å². The van der Waals surface area contributed by atoms with Crippen LogP contribution in [0.3, 0.4) is 0 Å². The zero-order chi connectivity index (χ0) is 18.3. The molecule has 1 aliphatic heterocycles. The van der Waals surface area contributed by atoms with Gasteiger partial charge in [0.15, 0.2) is 9.84 Å². The predicted molar refractivity (Wildman–Crippen MR) is 77.0 cm³/mol. The Morgan fingerprint density at radius 2 is 1.92 bits per heavy atom. The Kier molecular flexibility index (Phi) is 4.52. The van der Waals surface area contributed by atoms with Crippen molar-refractivity contribution in [2.45, 2.75) is 22.9 Å². The molecule has 1 saturated heterocycles. The summed E-state index contributed by atoms with van der Waals surface area (Å²) in [7, 11) is -9.00. The minimum absolute atomic E-state index is 0.112. The van der Waals surface area contributed by atoms with Crippen LogP contribution in [0.25, 0.3) is 0 Å². The van der Waals surface area contributed by atoms with Crippen molar-refractivity contribution in [1.82, 2.24) is 0 Å². The van der Waals surface area contributed by atoms with E-state index in [1.807, 2.05) is 0 Å². The third kappa shape index (κ3) is 3.61. The Morgan fingerprint density at radius 3 is 2.38 bits per heavy atom. The highest BCUT2D eigenvalue weighted by molar-refractivity contribution is 7.92. The molecule has 0 spiro atoms. The number of nitro benzene ring substituents is 1. The van der Waals surface area contributed by atoms with Crippen molar-refractivity contribution in [1.29, 1.82) is 0 Å². The molecule has 1 N–H and O–H groups in total. The van der Waals surface area contributed by atoms with E-state index in [4.69, 9.17) is 0 Å². The van der Waals surface area contributed by atoms with Crippen LogP contribution in [-0.2, 0) is 19.7 Å². The molecule has 0 bridgehead atoms. The van der Waals surface area contributed by atoms with E-state index in [0.717, 1.165) is 6.07 Å². The maximum Gasteiger partial charge on any atom is 0.501 e. The molecule has 1 unspecified atom stereocenters. The quantitative estimate of drug-likeness (QED) is 0.612. The molecule has 0 radical (unpaired) electrons. The lowest BCUT2D eigenvalue weighted by atomic mass is 10.2. The topological polar surface area (TPSA) is 123 Å².